The molecule has 0 spiro atoms. The van der Waals surface area contributed by atoms with E-state index in [1.54, 1.807) is 4.90 Å². The average molecular weight is 200 g/mol. The Morgan fingerprint density at radius 1 is 1.57 bits per heavy atom. The van der Waals surface area contributed by atoms with Crippen LogP contribution in [0.2, 0.25) is 0 Å². The van der Waals surface area contributed by atoms with Gasteiger partial charge in [0.15, 0.2) is 0 Å². The average Bonchev–Trinajstić information content (AvgIpc) is 2.18. The van der Waals surface area contributed by atoms with E-state index >= 15 is 0 Å². The van der Waals surface area contributed by atoms with Gasteiger partial charge in [-0.25, -0.2) is 0 Å². The van der Waals surface area contributed by atoms with Crippen molar-refractivity contribution in [2.24, 2.45) is 5.73 Å². The minimum atomic E-state index is -0.445. The molecule has 1 aliphatic rings. The molecule has 1 atom stereocenters. The van der Waals surface area contributed by atoms with Gasteiger partial charge in [-0.05, 0) is 0 Å². The Morgan fingerprint density at radius 3 is 2.86 bits per heavy atom. The molecule has 0 aliphatic carbocycles. The van der Waals surface area contributed by atoms with E-state index in [9.17, 15) is 9.59 Å². The number of primary amides is 1. The van der Waals surface area contributed by atoms with E-state index in [1.165, 1.54) is 0 Å². The van der Waals surface area contributed by atoms with Gasteiger partial charge in [-0.15, -0.1) is 0 Å². The Morgan fingerprint density at radius 2 is 2.29 bits per heavy atom. The molecule has 1 aliphatic heterocycles. The summed E-state index contributed by atoms with van der Waals surface area (Å²) in [7, 11) is 0. The highest BCUT2D eigenvalue weighted by Crippen LogP contribution is 2.06. The fourth-order valence-corrected chi connectivity index (χ4v) is 1.43. The Hall–Kier alpha value is -0.940. The van der Waals surface area contributed by atoms with Crippen LogP contribution in [0.25, 0.3) is 0 Å². The number of ketones is 1. The van der Waals surface area contributed by atoms with Crippen LogP contribution in [0.1, 0.15) is 13.3 Å². The number of carbonyl (C=O) groups is 2. The van der Waals surface area contributed by atoms with Crippen LogP contribution < -0.4 is 5.73 Å². The summed E-state index contributed by atoms with van der Waals surface area (Å²) in [5, 5.41) is 0. The second-order valence-corrected chi connectivity index (χ2v) is 3.36. The van der Waals surface area contributed by atoms with Crippen LogP contribution in [0.15, 0.2) is 0 Å². The van der Waals surface area contributed by atoms with Gasteiger partial charge in [-0.3, -0.25) is 14.5 Å². The molecule has 14 heavy (non-hydrogen) atoms. The zero-order chi connectivity index (χ0) is 10.6. The van der Waals surface area contributed by atoms with E-state index in [4.69, 9.17) is 10.5 Å². The third-order valence-corrected chi connectivity index (χ3v) is 2.34. The lowest BCUT2D eigenvalue weighted by molar-refractivity contribution is -0.132. The van der Waals surface area contributed by atoms with Gasteiger partial charge in [-0.1, -0.05) is 6.92 Å². The van der Waals surface area contributed by atoms with Crippen LogP contribution in [-0.4, -0.2) is 48.9 Å². The van der Waals surface area contributed by atoms with Crippen LogP contribution in [0, 0.1) is 0 Å². The molecule has 80 valence electrons. The van der Waals surface area contributed by atoms with Crippen LogP contribution in [-0.2, 0) is 14.3 Å². The zero-order valence-corrected chi connectivity index (χ0v) is 8.36. The number of hydrogen-bond acceptors (Lipinski definition) is 4. The molecule has 1 heterocycles. The van der Waals surface area contributed by atoms with Gasteiger partial charge in [0.05, 0.1) is 19.8 Å². The van der Waals surface area contributed by atoms with Crippen LogP contribution >= 0.6 is 0 Å². The second-order valence-electron chi connectivity index (χ2n) is 3.36. The minimum Gasteiger partial charge on any atom is -0.378 e. The number of nitrogens with two attached hydrogens (primary N) is 1. The summed E-state index contributed by atoms with van der Waals surface area (Å²) in [6, 6.07) is -0.445. The molecule has 5 nitrogen and oxygen atoms in total. The molecule has 0 saturated carbocycles. The van der Waals surface area contributed by atoms with Gasteiger partial charge in [0.25, 0.3) is 0 Å². The number of ether oxygens (including phenoxy) is 1. The van der Waals surface area contributed by atoms with Crippen molar-refractivity contribution < 1.29 is 14.3 Å². The van der Waals surface area contributed by atoms with E-state index < -0.39 is 11.9 Å². The lowest BCUT2D eigenvalue weighted by Gasteiger charge is -2.32. The van der Waals surface area contributed by atoms with E-state index in [2.05, 4.69) is 0 Å². The van der Waals surface area contributed by atoms with Crippen molar-refractivity contribution in [3.63, 3.8) is 0 Å². The Balaban J connectivity index is 2.54. The molecule has 1 fully saturated rings. The molecule has 1 unspecified atom stereocenters. The maximum atomic E-state index is 11.2. The van der Waals surface area contributed by atoms with Crippen LogP contribution in [0.4, 0.5) is 0 Å². The molecule has 0 bridgehead atoms. The van der Waals surface area contributed by atoms with E-state index in [0.717, 1.165) is 0 Å². The third-order valence-electron chi connectivity index (χ3n) is 2.34. The predicted molar refractivity (Wildman–Crippen MR) is 50.7 cm³/mol. The quantitative estimate of drug-likeness (QED) is 0.641. The number of amides is 1. The molecule has 1 saturated heterocycles. The number of morpholine rings is 1. The monoisotopic (exact) mass is 200 g/mol. The van der Waals surface area contributed by atoms with Crippen molar-refractivity contribution in [1.29, 1.82) is 0 Å². The second kappa shape index (κ2) is 5.07. The standard InChI is InChI=1S/C9H16N2O3/c1-2-7(12)5-11-3-4-14-6-8(11)9(10)13/h8H,2-6H2,1H3,(H2,10,13). The van der Waals surface area contributed by atoms with E-state index in [1.807, 2.05) is 6.92 Å². The summed E-state index contributed by atoms with van der Waals surface area (Å²) in [5.41, 5.74) is 5.20. The van der Waals surface area contributed by atoms with Crippen molar-refractivity contribution in [2.45, 2.75) is 19.4 Å². The molecular formula is C9H16N2O3. The molecule has 0 radical (unpaired) electrons. The van der Waals surface area contributed by atoms with E-state index in [-0.39, 0.29) is 5.78 Å². The van der Waals surface area contributed by atoms with Crippen LogP contribution in [0.5, 0.6) is 0 Å². The van der Waals surface area contributed by atoms with Crippen molar-refractivity contribution >= 4 is 11.7 Å². The first-order valence-electron chi connectivity index (χ1n) is 4.78. The third kappa shape index (κ3) is 2.78. The molecule has 1 amide bonds. The zero-order valence-electron chi connectivity index (χ0n) is 8.36. The van der Waals surface area contributed by atoms with Crippen LogP contribution in [0.3, 0.4) is 0 Å². The summed E-state index contributed by atoms with van der Waals surface area (Å²) in [5.74, 6) is -0.299. The highest BCUT2D eigenvalue weighted by molar-refractivity contribution is 5.83. The number of nitrogens with zero attached hydrogens (tertiary/aromatic N) is 1. The maximum Gasteiger partial charge on any atom is 0.237 e. The van der Waals surface area contributed by atoms with E-state index in [0.29, 0.717) is 32.7 Å². The lowest BCUT2D eigenvalue weighted by atomic mass is 10.2. The normalized spacial score (nSPS) is 23.4. The van der Waals surface area contributed by atoms with Crippen molar-refractivity contribution in [1.82, 2.24) is 4.90 Å². The van der Waals surface area contributed by atoms with Crippen molar-refractivity contribution in [3.05, 3.63) is 0 Å². The topological polar surface area (TPSA) is 72.6 Å². The summed E-state index contributed by atoms with van der Waals surface area (Å²) in [4.78, 5) is 24.0. The summed E-state index contributed by atoms with van der Waals surface area (Å²) < 4.78 is 5.14. The first-order chi connectivity index (χ1) is 6.65. The van der Waals surface area contributed by atoms with Crippen molar-refractivity contribution in [2.75, 3.05) is 26.3 Å². The lowest BCUT2D eigenvalue weighted by Crippen LogP contribution is -2.53. The van der Waals surface area contributed by atoms with Gasteiger partial charge in [0.2, 0.25) is 5.91 Å². The van der Waals surface area contributed by atoms with Gasteiger partial charge in [0, 0.05) is 13.0 Å². The predicted octanol–water partition coefficient (Wildman–Crippen LogP) is -0.848. The fraction of sp³-hybridized carbons (Fsp3) is 0.778. The molecule has 0 aromatic rings. The SMILES string of the molecule is CCC(=O)CN1CCOCC1C(N)=O. The molecule has 2 N–H and O–H groups in total. The smallest absolute Gasteiger partial charge is 0.237 e. The molecule has 0 aromatic carbocycles. The number of Topliss-reactive ketones (excluding diaryl/α,β-unsaturated/α-hetero) is 1. The summed E-state index contributed by atoms with van der Waals surface area (Å²) in [6.07, 6.45) is 0.489. The summed E-state index contributed by atoms with van der Waals surface area (Å²) >= 11 is 0. The summed E-state index contributed by atoms with van der Waals surface area (Å²) in [6.45, 7) is 3.56. The highest BCUT2D eigenvalue weighted by atomic mass is 16.5. The Bertz CT molecular complexity index is 230. The molecule has 1 rings (SSSR count). The Labute approximate surface area is 83.2 Å². The maximum absolute atomic E-state index is 11.2. The largest absolute Gasteiger partial charge is 0.378 e. The molecule has 0 aromatic heterocycles. The first kappa shape index (κ1) is 11.1. The number of rotatable bonds is 4. The first-order valence-corrected chi connectivity index (χ1v) is 4.78. The Kier molecular flexibility index (Phi) is 4.03. The minimum absolute atomic E-state index is 0.123. The number of hydrogen-bond donors (Lipinski definition) is 1. The van der Waals surface area contributed by atoms with Gasteiger partial charge in [0.1, 0.15) is 11.8 Å². The van der Waals surface area contributed by atoms with Gasteiger partial charge >= 0.3 is 0 Å². The number of carbonyl (C=O) groups excluding carboxylic acids is 2. The highest BCUT2D eigenvalue weighted by Gasteiger charge is 2.28. The van der Waals surface area contributed by atoms with Gasteiger partial charge < -0.3 is 10.5 Å². The van der Waals surface area contributed by atoms with Crippen molar-refractivity contribution in [3.8, 4) is 0 Å². The molecular weight excluding hydrogens is 184 g/mol. The fourth-order valence-electron chi connectivity index (χ4n) is 1.43. The van der Waals surface area contributed by atoms with Gasteiger partial charge in [-0.2, -0.15) is 0 Å². The molecule has 5 heteroatoms.